The first-order valence-corrected chi connectivity index (χ1v) is 9.99. The van der Waals surface area contributed by atoms with E-state index >= 15 is 0 Å². The molecule has 0 unspecified atom stereocenters. The Morgan fingerprint density at radius 1 is 1.14 bits per heavy atom. The van der Waals surface area contributed by atoms with E-state index in [9.17, 15) is 9.59 Å². The monoisotopic (exact) mass is 392 g/mol. The highest BCUT2D eigenvalue weighted by Crippen LogP contribution is 2.23. The number of nitrogens with two attached hydrogens (primary N) is 1. The van der Waals surface area contributed by atoms with E-state index in [-0.39, 0.29) is 18.1 Å². The van der Waals surface area contributed by atoms with Crippen molar-refractivity contribution in [2.24, 2.45) is 11.7 Å². The number of benzene rings is 2. The highest BCUT2D eigenvalue weighted by atomic mass is 16.2. The highest BCUT2D eigenvalue weighted by molar-refractivity contribution is 5.78. The SMILES string of the molecule is CCc1ccc([C@@H](NCc2nc3ccccc3c(=O)n2CC(N)=O)C(C)C)cc1. The third kappa shape index (κ3) is 4.71. The quantitative estimate of drug-likeness (QED) is 0.617. The van der Waals surface area contributed by atoms with Gasteiger partial charge in [-0.1, -0.05) is 57.2 Å². The van der Waals surface area contributed by atoms with Gasteiger partial charge in [-0.3, -0.25) is 14.2 Å². The molecule has 3 N–H and O–H groups in total. The summed E-state index contributed by atoms with van der Waals surface area (Å²) < 4.78 is 1.37. The van der Waals surface area contributed by atoms with Crippen LogP contribution in [0.2, 0.25) is 0 Å². The van der Waals surface area contributed by atoms with Crippen LogP contribution in [0.25, 0.3) is 10.9 Å². The van der Waals surface area contributed by atoms with Crippen LogP contribution in [0.3, 0.4) is 0 Å². The topological polar surface area (TPSA) is 90.0 Å². The van der Waals surface area contributed by atoms with Crippen LogP contribution in [-0.4, -0.2) is 15.5 Å². The van der Waals surface area contributed by atoms with Gasteiger partial charge in [0.15, 0.2) is 0 Å². The fourth-order valence-electron chi connectivity index (χ4n) is 3.57. The number of aryl methyl sites for hydroxylation is 1. The summed E-state index contributed by atoms with van der Waals surface area (Å²) in [6, 6.07) is 15.8. The van der Waals surface area contributed by atoms with E-state index < -0.39 is 5.91 Å². The number of nitrogens with one attached hydrogen (secondary N) is 1. The summed E-state index contributed by atoms with van der Waals surface area (Å²) in [7, 11) is 0. The van der Waals surface area contributed by atoms with Crippen LogP contribution in [-0.2, 0) is 24.3 Å². The molecule has 3 aromatic rings. The summed E-state index contributed by atoms with van der Waals surface area (Å²) in [5.74, 6) is 0.267. The van der Waals surface area contributed by atoms with Crippen LogP contribution >= 0.6 is 0 Å². The van der Waals surface area contributed by atoms with Crippen molar-refractivity contribution in [1.29, 1.82) is 0 Å². The van der Waals surface area contributed by atoms with Gasteiger partial charge in [-0.05, 0) is 35.6 Å². The second-order valence-electron chi connectivity index (χ2n) is 7.60. The Bertz CT molecular complexity index is 1050. The number of aromatic nitrogens is 2. The first kappa shape index (κ1) is 20.7. The average molecular weight is 393 g/mol. The number of carbonyl (C=O) groups excluding carboxylic acids is 1. The molecule has 0 saturated heterocycles. The molecule has 0 fully saturated rings. The van der Waals surface area contributed by atoms with Crippen molar-refractivity contribution in [3.05, 3.63) is 75.8 Å². The van der Waals surface area contributed by atoms with Crippen LogP contribution in [0.1, 0.15) is 43.8 Å². The number of rotatable bonds is 8. The van der Waals surface area contributed by atoms with E-state index in [1.165, 1.54) is 15.7 Å². The molecule has 1 heterocycles. The van der Waals surface area contributed by atoms with E-state index in [1.54, 1.807) is 18.2 Å². The van der Waals surface area contributed by atoms with Gasteiger partial charge in [0.05, 0.1) is 17.4 Å². The highest BCUT2D eigenvalue weighted by Gasteiger charge is 2.18. The Labute approximate surface area is 170 Å². The second kappa shape index (κ2) is 9.01. The molecule has 0 spiro atoms. The van der Waals surface area contributed by atoms with Crippen LogP contribution in [0.4, 0.5) is 0 Å². The largest absolute Gasteiger partial charge is 0.368 e. The zero-order valence-electron chi connectivity index (χ0n) is 17.2. The Balaban J connectivity index is 1.94. The molecule has 6 heteroatoms. The van der Waals surface area contributed by atoms with Crippen molar-refractivity contribution in [3.8, 4) is 0 Å². The van der Waals surface area contributed by atoms with Crippen molar-refractivity contribution in [1.82, 2.24) is 14.9 Å². The molecular formula is C23H28N4O2. The lowest BCUT2D eigenvalue weighted by Gasteiger charge is -2.24. The van der Waals surface area contributed by atoms with Gasteiger partial charge in [-0.2, -0.15) is 0 Å². The molecule has 0 radical (unpaired) electrons. The molecule has 1 aromatic heterocycles. The van der Waals surface area contributed by atoms with Crippen molar-refractivity contribution < 1.29 is 4.79 Å². The fraction of sp³-hybridized carbons (Fsp3) is 0.348. The molecule has 6 nitrogen and oxygen atoms in total. The number of primary amides is 1. The molecule has 152 valence electrons. The molecule has 1 amide bonds. The normalized spacial score (nSPS) is 12.4. The summed E-state index contributed by atoms with van der Waals surface area (Å²) in [5.41, 5.74) is 8.22. The van der Waals surface area contributed by atoms with Crippen molar-refractivity contribution in [2.45, 2.75) is 46.3 Å². The average Bonchev–Trinajstić information content (AvgIpc) is 2.71. The number of nitrogens with zero attached hydrogens (tertiary/aromatic N) is 2. The lowest BCUT2D eigenvalue weighted by molar-refractivity contribution is -0.118. The van der Waals surface area contributed by atoms with Gasteiger partial charge in [0.25, 0.3) is 5.56 Å². The third-order valence-corrected chi connectivity index (χ3v) is 5.15. The molecule has 0 aliphatic heterocycles. The molecule has 0 aliphatic carbocycles. The van der Waals surface area contributed by atoms with Gasteiger partial charge in [0.1, 0.15) is 12.4 Å². The molecule has 0 bridgehead atoms. The summed E-state index contributed by atoms with van der Waals surface area (Å²) in [6.45, 7) is 6.60. The van der Waals surface area contributed by atoms with Gasteiger partial charge < -0.3 is 11.1 Å². The number of para-hydroxylation sites is 1. The van der Waals surface area contributed by atoms with Gasteiger partial charge >= 0.3 is 0 Å². The standard InChI is InChI=1S/C23H28N4O2/c1-4-16-9-11-17(12-10-16)22(15(2)3)25-13-21-26-19-8-6-5-7-18(19)23(29)27(21)14-20(24)28/h5-12,15,22,25H,4,13-14H2,1-3H3,(H2,24,28)/t22-/m0/s1. The number of carbonyl (C=O) groups is 1. The molecule has 0 aliphatic rings. The summed E-state index contributed by atoms with van der Waals surface area (Å²) in [6.07, 6.45) is 1.00. The lowest BCUT2D eigenvalue weighted by atomic mass is 9.95. The van der Waals surface area contributed by atoms with E-state index in [2.05, 4.69) is 55.3 Å². The molecule has 3 rings (SSSR count). The van der Waals surface area contributed by atoms with E-state index in [4.69, 9.17) is 5.73 Å². The van der Waals surface area contributed by atoms with Crippen LogP contribution in [0, 0.1) is 5.92 Å². The minimum atomic E-state index is -0.569. The number of amides is 1. The Hall–Kier alpha value is -2.99. The maximum atomic E-state index is 12.9. The maximum Gasteiger partial charge on any atom is 0.261 e. The fourth-order valence-corrected chi connectivity index (χ4v) is 3.57. The first-order chi connectivity index (χ1) is 13.9. The van der Waals surface area contributed by atoms with Gasteiger partial charge in [-0.15, -0.1) is 0 Å². The Morgan fingerprint density at radius 2 is 1.83 bits per heavy atom. The zero-order chi connectivity index (χ0) is 21.0. The predicted octanol–water partition coefficient (Wildman–Crippen LogP) is 2.93. The van der Waals surface area contributed by atoms with E-state index in [1.807, 2.05) is 6.07 Å². The van der Waals surface area contributed by atoms with E-state index in [0.717, 1.165) is 6.42 Å². The first-order valence-electron chi connectivity index (χ1n) is 9.99. The van der Waals surface area contributed by atoms with Crippen molar-refractivity contribution in [3.63, 3.8) is 0 Å². The molecule has 1 atom stereocenters. The van der Waals surface area contributed by atoms with Crippen molar-refractivity contribution >= 4 is 16.8 Å². The number of fused-ring (bicyclic) bond motifs is 1. The minimum Gasteiger partial charge on any atom is -0.368 e. The van der Waals surface area contributed by atoms with Gasteiger partial charge in [0, 0.05) is 6.04 Å². The Kier molecular flexibility index (Phi) is 6.44. The molecule has 2 aromatic carbocycles. The summed E-state index contributed by atoms with van der Waals surface area (Å²) >= 11 is 0. The Morgan fingerprint density at radius 3 is 2.45 bits per heavy atom. The third-order valence-electron chi connectivity index (χ3n) is 5.15. The van der Waals surface area contributed by atoms with Crippen LogP contribution < -0.4 is 16.6 Å². The van der Waals surface area contributed by atoms with Crippen LogP contribution in [0.15, 0.2) is 53.3 Å². The molecule has 0 saturated carbocycles. The summed E-state index contributed by atoms with van der Waals surface area (Å²) in [4.78, 5) is 29.1. The maximum absolute atomic E-state index is 12.9. The van der Waals surface area contributed by atoms with E-state index in [0.29, 0.717) is 29.2 Å². The van der Waals surface area contributed by atoms with Gasteiger partial charge in [-0.25, -0.2) is 4.98 Å². The molecular weight excluding hydrogens is 364 g/mol. The smallest absolute Gasteiger partial charge is 0.261 e. The molecule has 29 heavy (non-hydrogen) atoms. The number of hydrogen-bond acceptors (Lipinski definition) is 4. The predicted molar refractivity (Wildman–Crippen MR) is 115 cm³/mol. The summed E-state index contributed by atoms with van der Waals surface area (Å²) in [5, 5.41) is 4.00. The minimum absolute atomic E-state index is 0.0892. The number of hydrogen-bond donors (Lipinski definition) is 2. The second-order valence-corrected chi connectivity index (χ2v) is 7.60. The van der Waals surface area contributed by atoms with Gasteiger partial charge in [0.2, 0.25) is 5.91 Å². The van der Waals surface area contributed by atoms with Crippen molar-refractivity contribution in [2.75, 3.05) is 0 Å². The lowest BCUT2D eigenvalue weighted by Crippen LogP contribution is -2.34. The zero-order valence-corrected chi connectivity index (χ0v) is 17.2. The van der Waals surface area contributed by atoms with Crippen LogP contribution in [0.5, 0.6) is 0 Å².